The quantitative estimate of drug-likeness (QED) is 0.847. The molecule has 0 bridgehead atoms. The van der Waals surface area contributed by atoms with E-state index in [0.717, 1.165) is 6.42 Å². The van der Waals surface area contributed by atoms with Crippen LogP contribution in [0.15, 0.2) is 29.6 Å². The number of nitrogens with one attached hydrogen (secondary N) is 1. The Hall–Kier alpha value is -2.54. The van der Waals surface area contributed by atoms with Gasteiger partial charge in [-0.3, -0.25) is 19.3 Å². The Bertz CT molecular complexity index is 800. The first-order valence-electron chi connectivity index (χ1n) is 7.68. The van der Waals surface area contributed by atoms with E-state index >= 15 is 0 Å². The minimum atomic E-state index is -0.208. The highest BCUT2D eigenvalue weighted by Gasteiger charge is 2.24. The molecule has 1 saturated heterocycles. The number of aromatic nitrogens is 1. The highest BCUT2D eigenvalue weighted by molar-refractivity contribution is 7.14. The van der Waals surface area contributed by atoms with Crippen LogP contribution in [0.4, 0.5) is 10.8 Å². The molecule has 1 aliphatic heterocycles. The van der Waals surface area contributed by atoms with Crippen LogP contribution in [0.2, 0.25) is 0 Å². The third-order valence-corrected chi connectivity index (χ3v) is 4.65. The first-order chi connectivity index (χ1) is 11.5. The number of ketones is 1. The van der Waals surface area contributed by atoms with Crippen molar-refractivity contribution < 1.29 is 14.4 Å². The molecule has 0 unspecified atom stereocenters. The fourth-order valence-electron chi connectivity index (χ4n) is 2.54. The fourth-order valence-corrected chi connectivity index (χ4v) is 3.41. The lowest BCUT2D eigenvalue weighted by Gasteiger charge is -2.10. The number of carbonyl (C=O) groups is 3. The zero-order chi connectivity index (χ0) is 17.1. The number of hydrogen-bond acceptors (Lipinski definition) is 5. The van der Waals surface area contributed by atoms with Crippen molar-refractivity contribution in [1.82, 2.24) is 4.98 Å². The molecule has 2 amide bonds. The van der Waals surface area contributed by atoms with Gasteiger partial charge in [-0.2, -0.15) is 0 Å². The first-order valence-corrected chi connectivity index (χ1v) is 8.56. The van der Waals surface area contributed by atoms with Gasteiger partial charge in [0.15, 0.2) is 10.9 Å². The molecule has 0 spiro atoms. The number of benzene rings is 1. The van der Waals surface area contributed by atoms with E-state index in [1.54, 1.807) is 34.5 Å². The van der Waals surface area contributed by atoms with Crippen molar-refractivity contribution in [1.29, 1.82) is 0 Å². The third-order valence-electron chi connectivity index (χ3n) is 3.74. The number of anilines is 2. The summed E-state index contributed by atoms with van der Waals surface area (Å²) in [5, 5.41) is 5.22. The van der Waals surface area contributed by atoms with Gasteiger partial charge in [0.1, 0.15) is 0 Å². The molecular weight excluding hydrogens is 326 g/mol. The van der Waals surface area contributed by atoms with E-state index in [9.17, 15) is 14.4 Å². The Balaban J connectivity index is 1.63. The van der Waals surface area contributed by atoms with Crippen LogP contribution < -0.4 is 10.2 Å². The Morgan fingerprint density at radius 3 is 2.92 bits per heavy atom. The van der Waals surface area contributed by atoms with Crippen molar-refractivity contribution in [3.8, 4) is 0 Å². The molecule has 0 radical (unpaired) electrons. The lowest BCUT2D eigenvalue weighted by Crippen LogP contribution is -2.23. The summed E-state index contributed by atoms with van der Waals surface area (Å²) >= 11 is 1.37. The van der Waals surface area contributed by atoms with Crippen LogP contribution in [0.3, 0.4) is 0 Å². The van der Waals surface area contributed by atoms with Gasteiger partial charge < -0.3 is 5.32 Å². The van der Waals surface area contributed by atoms with E-state index in [1.165, 1.54) is 18.3 Å². The average molecular weight is 343 g/mol. The van der Waals surface area contributed by atoms with Crippen LogP contribution in [-0.2, 0) is 16.0 Å². The number of hydrogen-bond donors (Lipinski definition) is 1. The maximum Gasteiger partial charge on any atom is 0.230 e. The molecule has 1 aromatic carbocycles. The number of carbonyl (C=O) groups excluding carboxylic acids is 3. The molecule has 3 rings (SSSR count). The SMILES string of the molecule is CC(=O)c1cccc(NC(=O)Cc2csc(N3CCCC3=O)n2)c1. The molecule has 1 aliphatic rings. The second-order valence-electron chi connectivity index (χ2n) is 5.63. The number of amides is 2. The molecule has 2 heterocycles. The molecule has 6 nitrogen and oxygen atoms in total. The van der Waals surface area contributed by atoms with E-state index in [-0.39, 0.29) is 24.0 Å². The molecule has 7 heteroatoms. The topological polar surface area (TPSA) is 79.4 Å². The van der Waals surface area contributed by atoms with Crippen molar-refractivity contribution in [3.63, 3.8) is 0 Å². The summed E-state index contributed by atoms with van der Waals surface area (Å²) in [4.78, 5) is 41.3. The Morgan fingerprint density at radius 2 is 2.21 bits per heavy atom. The predicted octanol–water partition coefficient (Wildman–Crippen LogP) is 2.65. The summed E-state index contributed by atoms with van der Waals surface area (Å²) in [7, 11) is 0. The van der Waals surface area contributed by atoms with Crippen molar-refractivity contribution in [3.05, 3.63) is 40.9 Å². The normalized spacial score (nSPS) is 14.0. The lowest BCUT2D eigenvalue weighted by molar-refractivity contribution is -0.117. The lowest BCUT2D eigenvalue weighted by atomic mass is 10.1. The van der Waals surface area contributed by atoms with Crippen LogP contribution in [0.25, 0.3) is 0 Å². The van der Waals surface area contributed by atoms with Gasteiger partial charge in [-0.05, 0) is 25.5 Å². The van der Waals surface area contributed by atoms with Crippen molar-refractivity contribution in [2.75, 3.05) is 16.8 Å². The van der Waals surface area contributed by atoms with E-state index in [2.05, 4.69) is 10.3 Å². The van der Waals surface area contributed by atoms with E-state index in [1.807, 2.05) is 0 Å². The van der Waals surface area contributed by atoms with Crippen molar-refractivity contribution in [2.45, 2.75) is 26.2 Å². The third kappa shape index (κ3) is 3.68. The smallest absolute Gasteiger partial charge is 0.230 e. The molecule has 0 aliphatic carbocycles. The summed E-state index contributed by atoms with van der Waals surface area (Å²) in [6.45, 7) is 2.17. The molecule has 124 valence electrons. The zero-order valence-electron chi connectivity index (χ0n) is 13.2. The van der Waals surface area contributed by atoms with Gasteiger partial charge >= 0.3 is 0 Å². The van der Waals surface area contributed by atoms with E-state index in [4.69, 9.17) is 0 Å². The second-order valence-corrected chi connectivity index (χ2v) is 6.47. The molecule has 24 heavy (non-hydrogen) atoms. The first kappa shape index (κ1) is 16.3. The van der Waals surface area contributed by atoms with Crippen LogP contribution in [-0.4, -0.2) is 29.1 Å². The Labute approximate surface area is 143 Å². The van der Waals surface area contributed by atoms with Crippen molar-refractivity contribution in [2.24, 2.45) is 0 Å². The van der Waals surface area contributed by atoms with Gasteiger partial charge in [0, 0.05) is 29.6 Å². The van der Waals surface area contributed by atoms with Gasteiger partial charge in [0.25, 0.3) is 0 Å². The largest absolute Gasteiger partial charge is 0.326 e. The summed E-state index contributed by atoms with van der Waals surface area (Å²) in [6.07, 6.45) is 1.53. The molecule has 1 fully saturated rings. The van der Waals surface area contributed by atoms with Crippen LogP contribution >= 0.6 is 11.3 Å². The highest BCUT2D eigenvalue weighted by Crippen LogP contribution is 2.25. The predicted molar refractivity (Wildman–Crippen MR) is 92.5 cm³/mol. The second kappa shape index (κ2) is 6.92. The fraction of sp³-hybridized carbons (Fsp3) is 0.294. The minimum Gasteiger partial charge on any atom is -0.326 e. The summed E-state index contributed by atoms with van der Waals surface area (Å²) < 4.78 is 0. The van der Waals surface area contributed by atoms with Gasteiger partial charge in [0.05, 0.1) is 12.1 Å². The molecule has 1 aromatic heterocycles. The number of Topliss-reactive ketones (excluding diaryl/α,β-unsaturated/α-hetero) is 1. The van der Waals surface area contributed by atoms with Gasteiger partial charge in [-0.25, -0.2) is 4.98 Å². The van der Waals surface area contributed by atoms with E-state index < -0.39 is 0 Å². The molecule has 2 aromatic rings. The maximum atomic E-state index is 12.1. The van der Waals surface area contributed by atoms with Crippen LogP contribution in [0.5, 0.6) is 0 Å². The summed E-state index contributed by atoms with van der Waals surface area (Å²) in [5.74, 6) is -0.174. The monoisotopic (exact) mass is 343 g/mol. The number of thiazole rings is 1. The Kier molecular flexibility index (Phi) is 4.71. The van der Waals surface area contributed by atoms with Gasteiger partial charge in [-0.15, -0.1) is 11.3 Å². The van der Waals surface area contributed by atoms with Gasteiger partial charge in [-0.1, -0.05) is 12.1 Å². The summed E-state index contributed by atoms with van der Waals surface area (Å²) in [6, 6.07) is 6.82. The number of nitrogens with zero attached hydrogens (tertiary/aromatic N) is 2. The summed E-state index contributed by atoms with van der Waals surface area (Å²) in [5.41, 5.74) is 1.77. The van der Waals surface area contributed by atoms with Gasteiger partial charge in [0.2, 0.25) is 11.8 Å². The van der Waals surface area contributed by atoms with Crippen LogP contribution in [0, 0.1) is 0 Å². The molecule has 0 atom stereocenters. The number of rotatable bonds is 5. The van der Waals surface area contributed by atoms with E-state index in [0.29, 0.717) is 35.0 Å². The maximum absolute atomic E-state index is 12.1. The Morgan fingerprint density at radius 1 is 1.38 bits per heavy atom. The minimum absolute atomic E-state index is 0.0504. The molecular formula is C17H17N3O3S. The standard InChI is InChI=1S/C17H17N3O3S/c1-11(21)12-4-2-5-13(8-12)18-15(22)9-14-10-24-17(19-14)20-7-3-6-16(20)23/h2,4-5,8,10H,3,6-7,9H2,1H3,(H,18,22). The highest BCUT2D eigenvalue weighted by atomic mass is 32.1. The molecule has 0 saturated carbocycles. The van der Waals surface area contributed by atoms with Crippen molar-refractivity contribution >= 4 is 39.8 Å². The zero-order valence-corrected chi connectivity index (χ0v) is 14.1. The molecule has 1 N–H and O–H groups in total. The average Bonchev–Trinajstić information content (AvgIpc) is 3.16. The van der Waals surface area contributed by atoms with Crippen LogP contribution in [0.1, 0.15) is 35.8 Å².